The van der Waals surface area contributed by atoms with Crippen LogP contribution in [0.3, 0.4) is 0 Å². The summed E-state index contributed by atoms with van der Waals surface area (Å²) < 4.78 is 23.7. The van der Waals surface area contributed by atoms with E-state index < -0.39 is 0 Å². The smallest absolute Gasteiger partial charge is 0.501 e. The Labute approximate surface area is 904 Å². The van der Waals surface area contributed by atoms with Gasteiger partial charge in [-0.25, -0.2) is 29.9 Å². The molecule has 0 fully saturated rings. The number of hydrogen-bond acceptors (Lipinski definition) is 11. The first-order valence-electron chi connectivity index (χ1n) is 47.3. The van der Waals surface area contributed by atoms with Gasteiger partial charge in [0.15, 0.2) is 11.3 Å². The van der Waals surface area contributed by atoms with Crippen LogP contribution in [0, 0.1) is 55.5 Å². The number of fused-ring (bicyclic) bond motifs is 23. The molecule has 30 aromatic rings. The van der Waals surface area contributed by atoms with E-state index in [1.807, 2.05) is 298 Å². The quantitative estimate of drug-likeness (QED) is 0.106. The number of imidazole rings is 8. The van der Waals surface area contributed by atoms with E-state index in [2.05, 4.69) is 230 Å². The Morgan fingerprint density at radius 2 is 0.561 bits per heavy atom. The summed E-state index contributed by atoms with van der Waals surface area (Å²) in [6, 6.07) is 168. The summed E-state index contributed by atoms with van der Waals surface area (Å²) in [7, 11) is 0. The van der Waals surface area contributed by atoms with Crippen molar-refractivity contribution in [2.24, 2.45) is 0 Å². The molecular weight excluding hydrogens is 2550 g/mol. The summed E-state index contributed by atoms with van der Waals surface area (Å²) in [6.07, 6.45) is 3.63. The number of hydrogen-bond donors (Lipinski definition) is 0. The second-order valence-corrected chi connectivity index (χ2v) is 34.9. The molecule has 0 atom stereocenters. The van der Waals surface area contributed by atoms with Crippen LogP contribution < -0.4 is 0 Å². The van der Waals surface area contributed by atoms with E-state index in [4.69, 9.17) is 49.3 Å². The number of pyridine rings is 6. The molecule has 15 aromatic heterocycles. The van der Waals surface area contributed by atoms with Crippen LogP contribution in [0.2, 0.25) is 0 Å². The summed E-state index contributed by atoms with van der Waals surface area (Å²) in [5.74, 6) is 3.33. The van der Waals surface area contributed by atoms with Crippen molar-refractivity contribution in [1.29, 1.82) is 0 Å². The average molecular weight is 2620 g/mol. The largest absolute Gasteiger partial charge is 2.00 e. The van der Waals surface area contributed by atoms with Crippen LogP contribution >= 0.6 is 0 Å². The second kappa shape index (κ2) is 40.1. The van der Waals surface area contributed by atoms with Crippen LogP contribution in [-0.4, -0.2) is 85.7 Å². The Balaban J connectivity index is 0.000000108. The first-order chi connectivity index (χ1) is 71.3. The van der Waals surface area contributed by atoms with Gasteiger partial charge in [-0.3, -0.25) is 35.9 Å². The molecule has 0 bridgehead atoms. The van der Waals surface area contributed by atoms with Gasteiger partial charge in [-0.05, 0) is 184 Å². The molecule has 710 valence electrons. The Morgan fingerprint density at radius 3 is 1.04 bits per heavy atom. The molecule has 0 radical (unpaired) electrons. The van der Waals surface area contributed by atoms with Crippen LogP contribution in [0.25, 0.3) is 246 Å². The minimum atomic E-state index is 0. The van der Waals surface area contributed by atoms with E-state index in [-0.39, 0.29) is 84.3 Å². The monoisotopic (exact) mass is 2620 g/mol. The van der Waals surface area contributed by atoms with Crippen molar-refractivity contribution < 1.29 is 88.7 Å². The van der Waals surface area contributed by atoms with E-state index in [0.717, 1.165) is 246 Å². The Morgan fingerprint density at radius 1 is 0.223 bits per heavy atom. The summed E-state index contributed by atoms with van der Waals surface area (Å²) in [6.45, 7) is 2.12. The first-order valence-corrected chi connectivity index (χ1v) is 47.3. The first kappa shape index (κ1) is 94.4. The minimum Gasteiger partial charge on any atom is -0.501 e. The van der Waals surface area contributed by atoms with E-state index >= 15 is 0 Å². The van der Waals surface area contributed by atoms with Gasteiger partial charge in [0, 0.05) is 17.8 Å². The number of rotatable bonds is 12. The van der Waals surface area contributed by atoms with Crippen LogP contribution in [0.15, 0.2) is 435 Å². The summed E-state index contributed by atoms with van der Waals surface area (Å²) in [4.78, 5) is 49.1. The molecule has 0 unspecified atom stereocenters. The van der Waals surface area contributed by atoms with Crippen LogP contribution in [0.4, 0.5) is 0 Å². The number of aryl methyl sites for hydroxylation is 1. The zero-order valence-corrected chi connectivity index (χ0v) is 87.3. The van der Waals surface area contributed by atoms with Crippen molar-refractivity contribution >= 4 is 134 Å². The number of aromatic nitrogens is 18. The normalized spacial score (nSPS) is 11.3. The summed E-state index contributed by atoms with van der Waals surface area (Å²) in [5.41, 5.74) is 36.7. The number of nitrogens with zero attached hydrogens (tertiary/aromatic N) is 18. The molecule has 0 aliphatic heterocycles. The maximum absolute atomic E-state index is 6.47. The van der Waals surface area contributed by atoms with Gasteiger partial charge < -0.3 is 24.4 Å². The maximum atomic E-state index is 6.47. The van der Waals surface area contributed by atoms with Crippen LogP contribution in [0.5, 0.6) is 0 Å². The molecule has 148 heavy (non-hydrogen) atoms. The SMILES string of the molecule is Cc1ccc2c(c1)n1c3ccccc3nc1n2-c1[c-]c(-c2cccc(-c3[c-]cccc3)n2)ccc1.[Pt+2].[Pt+2].[Pt+2].[Pt+2].[c-]1ccccc1-c1cccc(-c2[c-]c(-n3c4ccccc4n4c5ccccc5nc34)cc3c2oc2ccccc23)n1.[c-]1ccccc1-c1cccc(-c2[c-]c(-n3c4cccnc4n4c5ccccc5nc34)ccc2)n1.[c-]1ccccc1-c1cccc(-c2[c-]c(-n3c4ncccc4n4c5ccccc5nc34)ccc2)n1. The molecule has 15 heterocycles. The molecule has 0 saturated carbocycles. The predicted octanol–water partition coefficient (Wildman–Crippen LogP) is 28.0. The Kier molecular flexibility index (Phi) is 25.6. The summed E-state index contributed by atoms with van der Waals surface area (Å²) in [5, 5.41) is 2.06. The number of furan rings is 1. The van der Waals surface area contributed by atoms with Crippen molar-refractivity contribution in [3.8, 4) is 113 Å². The molecule has 15 aromatic carbocycles. The molecule has 0 aliphatic rings. The minimum absolute atomic E-state index is 0. The second-order valence-electron chi connectivity index (χ2n) is 34.9. The van der Waals surface area contributed by atoms with Crippen LogP contribution in [-0.2, 0) is 84.3 Å². The zero-order valence-electron chi connectivity index (χ0n) is 78.2. The molecule has 0 aliphatic carbocycles. The maximum Gasteiger partial charge on any atom is 2.00 e. The Hall–Kier alpha value is -17.2. The molecule has 0 N–H and O–H groups in total. The third-order valence-electron chi connectivity index (χ3n) is 26.1. The molecule has 19 nitrogen and oxygen atoms in total. The van der Waals surface area contributed by atoms with Gasteiger partial charge in [-0.1, -0.05) is 169 Å². The zero-order chi connectivity index (χ0) is 95.2. The fourth-order valence-corrected chi connectivity index (χ4v) is 19.6. The average Bonchev–Trinajstić information content (AvgIpc) is 1.57. The van der Waals surface area contributed by atoms with E-state index in [0.29, 0.717) is 0 Å². The van der Waals surface area contributed by atoms with E-state index in [9.17, 15) is 0 Å². The number of benzene rings is 15. The van der Waals surface area contributed by atoms with Crippen LogP contribution in [0.1, 0.15) is 5.56 Å². The van der Waals surface area contributed by atoms with Gasteiger partial charge in [-0.15, -0.1) is 245 Å². The topological polar surface area (TPSA) is 179 Å². The van der Waals surface area contributed by atoms with Gasteiger partial charge >= 0.3 is 84.3 Å². The molecule has 0 spiro atoms. The predicted molar refractivity (Wildman–Crippen MR) is 571 cm³/mol. The van der Waals surface area contributed by atoms with Gasteiger partial charge in [0.25, 0.3) is 0 Å². The van der Waals surface area contributed by atoms with Crippen molar-refractivity contribution in [1.82, 2.24) is 85.7 Å². The van der Waals surface area contributed by atoms with Crippen molar-refractivity contribution in [2.75, 3.05) is 0 Å². The van der Waals surface area contributed by atoms with Gasteiger partial charge in [-0.2, -0.15) is 0 Å². The molecular formula is C125H74N18OPt4. The fourth-order valence-electron chi connectivity index (χ4n) is 19.6. The van der Waals surface area contributed by atoms with Crippen molar-refractivity contribution in [2.45, 2.75) is 6.92 Å². The van der Waals surface area contributed by atoms with E-state index in [1.165, 1.54) is 5.56 Å². The van der Waals surface area contributed by atoms with Gasteiger partial charge in [0.05, 0.1) is 82.8 Å². The number of para-hydroxylation sites is 11. The molecule has 0 saturated heterocycles. The molecule has 30 rings (SSSR count). The molecule has 23 heteroatoms. The van der Waals surface area contributed by atoms with Crippen molar-refractivity contribution in [3.63, 3.8) is 0 Å². The van der Waals surface area contributed by atoms with E-state index in [1.54, 1.807) is 0 Å². The third-order valence-corrected chi connectivity index (χ3v) is 26.1. The van der Waals surface area contributed by atoms with Crippen molar-refractivity contribution in [3.05, 3.63) is 485 Å². The van der Waals surface area contributed by atoms with Gasteiger partial charge in [0.1, 0.15) is 5.58 Å². The third kappa shape index (κ3) is 16.8. The Bertz CT molecular complexity index is 9980. The van der Waals surface area contributed by atoms with Gasteiger partial charge in [0.2, 0.25) is 23.1 Å². The summed E-state index contributed by atoms with van der Waals surface area (Å²) >= 11 is 0. The fraction of sp³-hybridized carbons (Fsp3) is 0.00800. The molecule has 0 amide bonds. The standard InChI is InChI=1S/C36H20N4O.C31H20N4.2C29H17N5.4Pt/c1-2-11-23(12-3-1)28-15-10-16-29(37-28)27-22-24(21-26-25-13-4-9-20-34(25)41-35(26)27)39-32-18-7-8-19-33(32)40-31-17-6-5-14-30(31)38-36(39)40;1-21-17-18-29-30(19-21)35-28-16-6-5-13-27(28)33-31(35)34(29)24-12-7-11-23(20-24)26-15-8-14-25(32-26)22-9-3-2-4-10-22;1-2-9-20(10-3-1)23-14-7-15-24(31-23)21-11-6-12-22(19-21)33-28-27(17-8-18-30-28)34-26-16-5-4-13-25(26)32-29(33)34;1-2-9-20(10-3-1)23-14-7-15-24(31-23)21-11-6-12-22(19-21)33-27-17-8-18-30-28(27)34-26-16-5-4-13-25(26)32-29(33)34;;;;/h1-11,13-21H;2-9,11-19H,1H3;2*1-9,11-18H;;;;/q4*-2;4*+2.